The van der Waals surface area contributed by atoms with Crippen LogP contribution < -0.4 is 0 Å². The zero-order chi connectivity index (χ0) is 25.0. The van der Waals surface area contributed by atoms with E-state index in [1.165, 1.54) is 167 Å². The monoisotopic (exact) mass is 481 g/mol. The summed E-state index contributed by atoms with van der Waals surface area (Å²) >= 11 is 0. The second-order valence-electron chi connectivity index (χ2n) is 11.6. The molecule has 0 aromatic rings. The number of aliphatic hydroxyl groups is 1. The molecule has 0 unspecified atom stereocenters. The van der Waals surface area contributed by atoms with Crippen molar-refractivity contribution in [1.29, 1.82) is 0 Å². The predicted molar refractivity (Wildman–Crippen MR) is 156 cm³/mol. The van der Waals surface area contributed by atoms with Gasteiger partial charge in [0.25, 0.3) is 0 Å². The van der Waals surface area contributed by atoms with E-state index in [4.69, 9.17) is 0 Å². The highest BCUT2D eigenvalue weighted by Gasteiger charge is 2.24. The first-order valence-corrected chi connectivity index (χ1v) is 16.4. The molecule has 0 aliphatic rings. The average molecular weight is 481 g/mol. The maximum Gasteiger partial charge on any atom is 0.0647 e. The third-order valence-corrected chi connectivity index (χ3v) is 7.99. The van der Waals surface area contributed by atoms with Gasteiger partial charge in [-0.3, -0.25) is 0 Å². The summed E-state index contributed by atoms with van der Waals surface area (Å²) in [4.78, 5) is 0. The van der Waals surface area contributed by atoms with Gasteiger partial charge in [0.05, 0.1) is 5.60 Å². The summed E-state index contributed by atoms with van der Waals surface area (Å²) in [6, 6.07) is 0. The molecular formula is C33H68O. The molecule has 0 atom stereocenters. The summed E-state index contributed by atoms with van der Waals surface area (Å²) in [5.74, 6) is 0. The van der Waals surface area contributed by atoms with Crippen molar-refractivity contribution in [2.45, 2.75) is 213 Å². The van der Waals surface area contributed by atoms with Crippen molar-refractivity contribution in [2.75, 3.05) is 0 Å². The number of unbranched alkanes of at least 4 members (excludes halogenated alkanes) is 23. The normalized spacial score (nSPS) is 12.0. The SMILES string of the molecule is CCCCCCCCCCCCCCC(O)(CCCC)CCCCCCCCCCCCCC. The Bertz CT molecular complexity index is 336. The van der Waals surface area contributed by atoms with Gasteiger partial charge in [0.2, 0.25) is 0 Å². The second kappa shape index (κ2) is 27.5. The van der Waals surface area contributed by atoms with Crippen LogP contribution in [0.5, 0.6) is 0 Å². The predicted octanol–water partition coefficient (Wildman–Crippen LogP) is 12.1. The number of rotatable bonds is 29. The molecule has 0 rings (SSSR count). The van der Waals surface area contributed by atoms with Gasteiger partial charge < -0.3 is 5.11 Å². The summed E-state index contributed by atoms with van der Waals surface area (Å²) in [6.07, 6.45) is 39.0. The fourth-order valence-corrected chi connectivity index (χ4v) is 5.47. The average Bonchev–Trinajstić information content (AvgIpc) is 2.84. The van der Waals surface area contributed by atoms with E-state index in [9.17, 15) is 5.11 Å². The van der Waals surface area contributed by atoms with Crippen LogP contribution in [0, 0.1) is 0 Å². The van der Waals surface area contributed by atoms with Crippen LogP contribution in [-0.4, -0.2) is 10.7 Å². The molecule has 0 bridgehead atoms. The van der Waals surface area contributed by atoms with Crippen LogP contribution in [-0.2, 0) is 0 Å². The van der Waals surface area contributed by atoms with Gasteiger partial charge in [0, 0.05) is 0 Å². The third-order valence-electron chi connectivity index (χ3n) is 7.99. The van der Waals surface area contributed by atoms with E-state index in [1.807, 2.05) is 0 Å². The van der Waals surface area contributed by atoms with Gasteiger partial charge in [-0.15, -0.1) is 0 Å². The lowest BCUT2D eigenvalue weighted by atomic mass is 9.85. The summed E-state index contributed by atoms with van der Waals surface area (Å²) < 4.78 is 0. The molecule has 0 aliphatic heterocycles. The van der Waals surface area contributed by atoms with E-state index in [1.54, 1.807) is 0 Å². The van der Waals surface area contributed by atoms with Gasteiger partial charge in [-0.05, 0) is 19.3 Å². The first-order chi connectivity index (χ1) is 16.7. The lowest BCUT2D eigenvalue weighted by molar-refractivity contribution is 0.00746. The highest BCUT2D eigenvalue weighted by atomic mass is 16.3. The quantitative estimate of drug-likeness (QED) is 0.105. The summed E-state index contributed by atoms with van der Waals surface area (Å²) in [5.41, 5.74) is -0.368. The zero-order valence-corrected chi connectivity index (χ0v) is 24.5. The standard InChI is InChI=1S/C33H68O/c1-4-7-10-12-14-16-18-20-22-24-26-28-31-33(34,30-9-6-3)32-29-27-25-23-21-19-17-15-13-11-8-5-2/h34H,4-32H2,1-3H3. The van der Waals surface area contributed by atoms with Crippen molar-refractivity contribution in [2.24, 2.45) is 0 Å². The summed E-state index contributed by atoms with van der Waals surface area (Å²) in [5, 5.41) is 11.3. The third kappa shape index (κ3) is 25.1. The van der Waals surface area contributed by atoms with Gasteiger partial charge in [-0.2, -0.15) is 0 Å². The Kier molecular flexibility index (Phi) is 27.5. The molecule has 0 radical (unpaired) electrons. The van der Waals surface area contributed by atoms with Crippen LogP contribution in [0.4, 0.5) is 0 Å². The zero-order valence-electron chi connectivity index (χ0n) is 24.5. The van der Waals surface area contributed by atoms with E-state index in [-0.39, 0.29) is 5.60 Å². The van der Waals surface area contributed by atoms with Gasteiger partial charge in [-0.25, -0.2) is 0 Å². The molecule has 1 N–H and O–H groups in total. The Hall–Kier alpha value is -0.0400. The molecular weight excluding hydrogens is 412 g/mol. The van der Waals surface area contributed by atoms with Gasteiger partial charge in [0.15, 0.2) is 0 Å². The highest BCUT2D eigenvalue weighted by Crippen LogP contribution is 2.28. The first-order valence-electron chi connectivity index (χ1n) is 16.4. The fourth-order valence-electron chi connectivity index (χ4n) is 5.47. The summed E-state index contributed by atoms with van der Waals surface area (Å²) in [7, 11) is 0. The Balaban J connectivity index is 3.67. The van der Waals surface area contributed by atoms with Crippen molar-refractivity contribution < 1.29 is 5.11 Å². The molecule has 34 heavy (non-hydrogen) atoms. The van der Waals surface area contributed by atoms with E-state index in [2.05, 4.69) is 20.8 Å². The molecule has 0 saturated carbocycles. The van der Waals surface area contributed by atoms with Crippen molar-refractivity contribution in [1.82, 2.24) is 0 Å². The Morgan fingerprint density at radius 1 is 0.294 bits per heavy atom. The topological polar surface area (TPSA) is 20.2 Å². The maximum atomic E-state index is 11.3. The lowest BCUT2D eigenvalue weighted by Crippen LogP contribution is -2.28. The Labute approximate surface area is 217 Å². The van der Waals surface area contributed by atoms with Crippen molar-refractivity contribution in [3.05, 3.63) is 0 Å². The second-order valence-corrected chi connectivity index (χ2v) is 11.6. The fraction of sp³-hybridized carbons (Fsp3) is 1.00. The van der Waals surface area contributed by atoms with Crippen molar-refractivity contribution in [3.63, 3.8) is 0 Å². The molecule has 0 aromatic heterocycles. The Morgan fingerprint density at radius 3 is 0.765 bits per heavy atom. The highest BCUT2D eigenvalue weighted by molar-refractivity contribution is 4.78. The lowest BCUT2D eigenvalue weighted by Gasteiger charge is -2.28. The number of hydrogen-bond donors (Lipinski definition) is 1. The van der Waals surface area contributed by atoms with Crippen LogP contribution in [0.1, 0.15) is 207 Å². The van der Waals surface area contributed by atoms with E-state index in [0.717, 1.165) is 19.3 Å². The van der Waals surface area contributed by atoms with Gasteiger partial charge >= 0.3 is 0 Å². The van der Waals surface area contributed by atoms with Gasteiger partial charge in [-0.1, -0.05) is 188 Å². The van der Waals surface area contributed by atoms with E-state index in [0.29, 0.717) is 0 Å². The van der Waals surface area contributed by atoms with E-state index < -0.39 is 0 Å². The minimum atomic E-state index is -0.368. The minimum Gasteiger partial charge on any atom is -0.390 e. The van der Waals surface area contributed by atoms with Crippen LogP contribution in [0.25, 0.3) is 0 Å². The first kappa shape index (κ1) is 34.0. The molecule has 0 spiro atoms. The molecule has 0 amide bonds. The largest absolute Gasteiger partial charge is 0.390 e. The van der Waals surface area contributed by atoms with Gasteiger partial charge in [0.1, 0.15) is 0 Å². The minimum absolute atomic E-state index is 0.368. The molecule has 0 saturated heterocycles. The smallest absolute Gasteiger partial charge is 0.0647 e. The summed E-state index contributed by atoms with van der Waals surface area (Å²) in [6.45, 7) is 6.85. The van der Waals surface area contributed by atoms with Crippen molar-refractivity contribution >= 4 is 0 Å². The molecule has 0 heterocycles. The molecule has 206 valence electrons. The van der Waals surface area contributed by atoms with Crippen LogP contribution in [0.15, 0.2) is 0 Å². The Morgan fingerprint density at radius 2 is 0.500 bits per heavy atom. The van der Waals surface area contributed by atoms with Crippen LogP contribution in [0.2, 0.25) is 0 Å². The number of hydrogen-bond acceptors (Lipinski definition) is 1. The molecule has 1 nitrogen and oxygen atoms in total. The van der Waals surface area contributed by atoms with Crippen molar-refractivity contribution in [3.8, 4) is 0 Å². The molecule has 0 fully saturated rings. The molecule has 0 aliphatic carbocycles. The van der Waals surface area contributed by atoms with Crippen LogP contribution >= 0.6 is 0 Å². The van der Waals surface area contributed by atoms with Crippen LogP contribution in [0.3, 0.4) is 0 Å². The molecule has 0 aromatic carbocycles. The van der Waals surface area contributed by atoms with E-state index >= 15 is 0 Å². The maximum absolute atomic E-state index is 11.3. The molecule has 1 heteroatoms.